The average molecular weight is 402 g/mol. The van der Waals surface area contributed by atoms with Crippen LogP contribution in [0.3, 0.4) is 0 Å². The van der Waals surface area contributed by atoms with E-state index in [0.29, 0.717) is 42.0 Å². The Hall–Kier alpha value is -2.93. The summed E-state index contributed by atoms with van der Waals surface area (Å²) in [6.45, 7) is 3.22. The van der Waals surface area contributed by atoms with Crippen LogP contribution in [0.2, 0.25) is 5.02 Å². The third-order valence-corrected chi connectivity index (χ3v) is 5.22. The standard InChI is InChI=1S/C20H20ClN3O4/c1-12-15(21)3-2-4-16(12)23-20(26)22-13-9-19(25)24(11-13)14-5-6-17-18(10-14)28-8-7-27-17/h2-6,10,13H,7-9,11H2,1H3,(H2,22,23,26). The molecule has 8 heteroatoms. The van der Waals surface area contributed by atoms with Crippen molar-refractivity contribution in [2.24, 2.45) is 0 Å². The number of halogens is 1. The van der Waals surface area contributed by atoms with Crippen molar-refractivity contribution in [1.82, 2.24) is 5.32 Å². The Morgan fingerprint density at radius 1 is 1.18 bits per heavy atom. The number of hydrogen-bond acceptors (Lipinski definition) is 4. The van der Waals surface area contributed by atoms with Gasteiger partial charge in [-0.2, -0.15) is 0 Å². The van der Waals surface area contributed by atoms with Crippen LogP contribution in [0.25, 0.3) is 0 Å². The summed E-state index contributed by atoms with van der Waals surface area (Å²) in [7, 11) is 0. The number of carbonyl (C=O) groups is 2. The zero-order chi connectivity index (χ0) is 19.7. The number of fused-ring (bicyclic) bond motifs is 1. The first kappa shape index (κ1) is 18.4. The van der Waals surface area contributed by atoms with E-state index in [4.69, 9.17) is 21.1 Å². The van der Waals surface area contributed by atoms with Gasteiger partial charge in [0.15, 0.2) is 11.5 Å². The first-order valence-electron chi connectivity index (χ1n) is 9.04. The molecule has 2 heterocycles. The number of anilines is 2. The molecule has 0 aliphatic carbocycles. The Labute approximate surface area is 167 Å². The first-order valence-corrected chi connectivity index (χ1v) is 9.42. The summed E-state index contributed by atoms with van der Waals surface area (Å²) in [5.74, 6) is 1.25. The summed E-state index contributed by atoms with van der Waals surface area (Å²) in [6, 6.07) is 10.1. The van der Waals surface area contributed by atoms with Crippen LogP contribution < -0.4 is 25.0 Å². The van der Waals surface area contributed by atoms with Gasteiger partial charge in [0, 0.05) is 35.4 Å². The highest BCUT2D eigenvalue weighted by Gasteiger charge is 2.32. The molecule has 0 aromatic heterocycles. The van der Waals surface area contributed by atoms with Gasteiger partial charge in [-0.3, -0.25) is 4.79 Å². The first-order chi connectivity index (χ1) is 13.5. The molecule has 3 amide bonds. The van der Waals surface area contributed by atoms with Crippen LogP contribution in [0, 0.1) is 6.92 Å². The van der Waals surface area contributed by atoms with Crippen molar-refractivity contribution in [2.75, 3.05) is 30.0 Å². The maximum absolute atomic E-state index is 12.5. The molecule has 0 spiro atoms. The molecule has 0 bridgehead atoms. The fraction of sp³-hybridized carbons (Fsp3) is 0.300. The average Bonchev–Trinajstić information content (AvgIpc) is 3.05. The van der Waals surface area contributed by atoms with Crippen molar-refractivity contribution in [3.63, 3.8) is 0 Å². The second kappa shape index (κ2) is 7.59. The SMILES string of the molecule is Cc1c(Cl)cccc1NC(=O)NC1CC(=O)N(c2ccc3c(c2)OCCO3)C1. The van der Waals surface area contributed by atoms with E-state index in [2.05, 4.69) is 10.6 Å². The second-order valence-electron chi connectivity index (χ2n) is 6.74. The fourth-order valence-electron chi connectivity index (χ4n) is 3.34. The molecule has 0 saturated carbocycles. The predicted octanol–water partition coefficient (Wildman–Crippen LogP) is 3.35. The van der Waals surface area contributed by atoms with E-state index >= 15 is 0 Å². The molecule has 2 aliphatic rings. The van der Waals surface area contributed by atoms with E-state index in [-0.39, 0.29) is 24.4 Å². The van der Waals surface area contributed by atoms with Gasteiger partial charge in [0.25, 0.3) is 0 Å². The molecule has 28 heavy (non-hydrogen) atoms. The van der Waals surface area contributed by atoms with Crippen molar-refractivity contribution in [3.8, 4) is 11.5 Å². The summed E-state index contributed by atoms with van der Waals surface area (Å²) in [4.78, 5) is 26.4. The number of amides is 3. The maximum atomic E-state index is 12.5. The quantitative estimate of drug-likeness (QED) is 0.826. The van der Waals surface area contributed by atoms with Crippen molar-refractivity contribution >= 4 is 34.9 Å². The van der Waals surface area contributed by atoms with Crippen molar-refractivity contribution in [1.29, 1.82) is 0 Å². The Bertz CT molecular complexity index is 934. The van der Waals surface area contributed by atoms with E-state index in [9.17, 15) is 9.59 Å². The van der Waals surface area contributed by atoms with Crippen LogP contribution in [0.4, 0.5) is 16.2 Å². The van der Waals surface area contributed by atoms with Gasteiger partial charge in [0.1, 0.15) is 13.2 Å². The number of urea groups is 1. The van der Waals surface area contributed by atoms with Crippen LogP contribution in [0.5, 0.6) is 11.5 Å². The van der Waals surface area contributed by atoms with Gasteiger partial charge in [-0.15, -0.1) is 0 Å². The zero-order valence-electron chi connectivity index (χ0n) is 15.3. The zero-order valence-corrected chi connectivity index (χ0v) is 16.1. The van der Waals surface area contributed by atoms with Crippen molar-refractivity contribution in [3.05, 3.63) is 47.0 Å². The molecule has 2 N–H and O–H groups in total. The molecular formula is C20H20ClN3O4. The van der Waals surface area contributed by atoms with E-state index in [1.165, 1.54) is 0 Å². The molecule has 2 aromatic carbocycles. The second-order valence-corrected chi connectivity index (χ2v) is 7.15. The van der Waals surface area contributed by atoms with Gasteiger partial charge in [0.05, 0.1) is 6.04 Å². The monoisotopic (exact) mass is 401 g/mol. The molecule has 146 valence electrons. The molecule has 0 radical (unpaired) electrons. The lowest BCUT2D eigenvalue weighted by Gasteiger charge is -2.22. The van der Waals surface area contributed by atoms with Crippen LogP contribution in [0.15, 0.2) is 36.4 Å². The summed E-state index contributed by atoms with van der Waals surface area (Å²) in [5, 5.41) is 6.22. The van der Waals surface area contributed by atoms with Gasteiger partial charge >= 0.3 is 6.03 Å². The molecule has 2 aliphatic heterocycles. The number of ether oxygens (including phenoxy) is 2. The van der Waals surface area contributed by atoms with Gasteiger partial charge in [-0.25, -0.2) is 4.79 Å². The third-order valence-electron chi connectivity index (χ3n) is 4.81. The number of carbonyl (C=O) groups excluding carboxylic acids is 2. The van der Waals surface area contributed by atoms with Crippen LogP contribution >= 0.6 is 11.6 Å². The lowest BCUT2D eigenvalue weighted by molar-refractivity contribution is -0.117. The van der Waals surface area contributed by atoms with E-state index < -0.39 is 0 Å². The Kier molecular flexibility index (Phi) is 5.00. The van der Waals surface area contributed by atoms with Gasteiger partial charge in [0.2, 0.25) is 5.91 Å². The smallest absolute Gasteiger partial charge is 0.319 e. The Morgan fingerprint density at radius 3 is 2.79 bits per heavy atom. The highest BCUT2D eigenvalue weighted by molar-refractivity contribution is 6.31. The summed E-state index contributed by atoms with van der Waals surface area (Å²) in [6.07, 6.45) is 0.233. The minimum atomic E-state index is -0.368. The molecular weight excluding hydrogens is 382 g/mol. The number of hydrogen-bond donors (Lipinski definition) is 2. The van der Waals surface area contributed by atoms with E-state index in [0.717, 1.165) is 11.3 Å². The lowest BCUT2D eigenvalue weighted by atomic mass is 10.2. The third kappa shape index (κ3) is 3.71. The number of nitrogens with zero attached hydrogens (tertiary/aromatic N) is 1. The van der Waals surface area contributed by atoms with Crippen molar-refractivity contribution in [2.45, 2.75) is 19.4 Å². The summed E-state index contributed by atoms with van der Waals surface area (Å²) in [5.41, 5.74) is 2.15. The molecule has 2 aromatic rings. The number of benzene rings is 2. The normalized spacial score (nSPS) is 18.1. The molecule has 7 nitrogen and oxygen atoms in total. The van der Waals surface area contributed by atoms with Crippen molar-refractivity contribution < 1.29 is 19.1 Å². The van der Waals surface area contributed by atoms with Crippen LogP contribution in [-0.4, -0.2) is 37.7 Å². The molecule has 1 atom stereocenters. The predicted molar refractivity (Wildman–Crippen MR) is 107 cm³/mol. The Morgan fingerprint density at radius 2 is 1.96 bits per heavy atom. The largest absolute Gasteiger partial charge is 0.486 e. The van der Waals surface area contributed by atoms with E-state index in [1.807, 2.05) is 13.0 Å². The van der Waals surface area contributed by atoms with Crippen LogP contribution in [0.1, 0.15) is 12.0 Å². The minimum absolute atomic E-state index is 0.0547. The molecule has 1 unspecified atom stereocenters. The molecule has 1 saturated heterocycles. The van der Waals surface area contributed by atoms with Crippen LogP contribution in [-0.2, 0) is 4.79 Å². The highest BCUT2D eigenvalue weighted by atomic mass is 35.5. The molecule has 4 rings (SSSR count). The topological polar surface area (TPSA) is 79.9 Å². The lowest BCUT2D eigenvalue weighted by Crippen LogP contribution is -2.39. The minimum Gasteiger partial charge on any atom is -0.486 e. The Balaban J connectivity index is 1.40. The van der Waals surface area contributed by atoms with Gasteiger partial charge in [-0.1, -0.05) is 17.7 Å². The number of nitrogens with one attached hydrogen (secondary N) is 2. The summed E-state index contributed by atoms with van der Waals surface area (Å²) < 4.78 is 11.1. The van der Waals surface area contributed by atoms with Gasteiger partial charge in [-0.05, 0) is 36.8 Å². The highest BCUT2D eigenvalue weighted by Crippen LogP contribution is 2.35. The fourth-order valence-corrected chi connectivity index (χ4v) is 3.51. The van der Waals surface area contributed by atoms with E-state index in [1.54, 1.807) is 35.2 Å². The maximum Gasteiger partial charge on any atom is 0.319 e. The van der Waals surface area contributed by atoms with Gasteiger partial charge < -0.3 is 25.0 Å². The summed E-state index contributed by atoms with van der Waals surface area (Å²) >= 11 is 6.08. The molecule has 1 fully saturated rings. The number of rotatable bonds is 3.